The molecule has 0 amide bonds. The summed E-state index contributed by atoms with van der Waals surface area (Å²) >= 11 is 3.24. The molecule has 0 aromatic heterocycles. The summed E-state index contributed by atoms with van der Waals surface area (Å²) < 4.78 is 13.9. The molecule has 1 aliphatic carbocycles. The molecule has 5 heteroatoms. The second-order valence-electron chi connectivity index (χ2n) is 4.76. The SMILES string of the molecule is Cl.N[C@H](c1cc(F)cc(Br)c1)[C@@H](O)C1CCCC1. The Labute approximate surface area is 121 Å². The van der Waals surface area contributed by atoms with Crippen molar-refractivity contribution in [2.24, 2.45) is 11.7 Å². The molecule has 0 spiro atoms. The molecule has 0 heterocycles. The van der Waals surface area contributed by atoms with Crippen molar-refractivity contribution in [2.45, 2.75) is 37.8 Å². The Bertz CT molecular complexity index is 378. The Kier molecular flexibility index (Phi) is 6.05. The summed E-state index contributed by atoms with van der Waals surface area (Å²) in [6.45, 7) is 0. The summed E-state index contributed by atoms with van der Waals surface area (Å²) in [5.74, 6) is -0.0736. The standard InChI is InChI=1S/C13H17BrFNO.ClH/c14-10-5-9(6-11(15)7-10)12(16)13(17)8-3-1-2-4-8;/h5-8,12-13,17H,1-4,16H2;1H/t12-,13+;/m1./s1. The van der Waals surface area contributed by atoms with Gasteiger partial charge in [-0.15, -0.1) is 12.4 Å². The molecule has 102 valence electrons. The van der Waals surface area contributed by atoms with Crippen LogP contribution in [0.25, 0.3) is 0 Å². The second kappa shape index (κ2) is 6.85. The van der Waals surface area contributed by atoms with Gasteiger partial charge in [0.25, 0.3) is 0 Å². The van der Waals surface area contributed by atoms with E-state index in [1.165, 1.54) is 12.1 Å². The van der Waals surface area contributed by atoms with Gasteiger partial charge in [0.2, 0.25) is 0 Å². The molecule has 1 saturated carbocycles. The molecule has 0 aliphatic heterocycles. The average Bonchev–Trinajstić information content (AvgIpc) is 2.79. The minimum absolute atomic E-state index is 0. The molecule has 2 nitrogen and oxygen atoms in total. The molecule has 1 aliphatic rings. The number of aliphatic hydroxyl groups is 1. The number of halogens is 3. The fourth-order valence-electron chi connectivity index (χ4n) is 2.56. The molecule has 0 unspecified atom stereocenters. The Morgan fingerprint density at radius 2 is 1.89 bits per heavy atom. The van der Waals surface area contributed by atoms with E-state index < -0.39 is 12.1 Å². The summed E-state index contributed by atoms with van der Waals surface area (Å²) in [5, 5.41) is 10.2. The van der Waals surface area contributed by atoms with Crippen LogP contribution in [0.2, 0.25) is 0 Å². The zero-order valence-electron chi connectivity index (χ0n) is 9.98. The summed E-state index contributed by atoms with van der Waals surface area (Å²) in [6.07, 6.45) is 3.77. The van der Waals surface area contributed by atoms with Crippen molar-refractivity contribution in [3.63, 3.8) is 0 Å². The molecule has 2 atom stereocenters. The summed E-state index contributed by atoms with van der Waals surface area (Å²) in [7, 11) is 0. The molecule has 1 fully saturated rings. The van der Waals surface area contributed by atoms with E-state index in [4.69, 9.17) is 5.73 Å². The minimum atomic E-state index is -0.578. The van der Waals surface area contributed by atoms with Crippen LogP contribution in [0, 0.1) is 11.7 Å². The predicted molar refractivity (Wildman–Crippen MR) is 76.2 cm³/mol. The van der Waals surface area contributed by atoms with Crippen LogP contribution < -0.4 is 5.73 Å². The second-order valence-corrected chi connectivity index (χ2v) is 5.68. The predicted octanol–water partition coefficient (Wildman–Crippen LogP) is 3.56. The Morgan fingerprint density at radius 3 is 2.44 bits per heavy atom. The first kappa shape index (κ1) is 15.9. The van der Waals surface area contributed by atoms with Crippen molar-refractivity contribution in [1.29, 1.82) is 0 Å². The van der Waals surface area contributed by atoms with Crippen molar-refractivity contribution in [3.05, 3.63) is 34.1 Å². The molecule has 3 N–H and O–H groups in total. The van der Waals surface area contributed by atoms with Crippen LogP contribution in [0.4, 0.5) is 4.39 Å². The number of rotatable bonds is 3. The topological polar surface area (TPSA) is 46.2 Å². The van der Waals surface area contributed by atoms with Gasteiger partial charge in [-0.05, 0) is 42.5 Å². The Morgan fingerprint density at radius 1 is 1.28 bits per heavy atom. The van der Waals surface area contributed by atoms with Crippen molar-refractivity contribution in [3.8, 4) is 0 Å². The highest BCUT2D eigenvalue weighted by Gasteiger charge is 2.28. The number of hydrogen-bond acceptors (Lipinski definition) is 2. The lowest BCUT2D eigenvalue weighted by atomic mass is 9.91. The fourth-order valence-corrected chi connectivity index (χ4v) is 3.04. The molecule has 0 bridgehead atoms. The van der Waals surface area contributed by atoms with Gasteiger partial charge in [-0.1, -0.05) is 28.8 Å². The van der Waals surface area contributed by atoms with Gasteiger partial charge in [-0.3, -0.25) is 0 Å². The van der Waals surface area contributed by atoms with Crippen LogP contribution in [0.3, 0.4) is 0 Å². The highest BCUT2D eigenvalue weighted by Crippen LogP contribution is 2.33. The summed E-state index contributed by atoms with van der Waals surface area (Å²) in [6, 6.07) is 4.04. The third-order valence-electron chi connectivity index (χ3n) is 3.52. The number of hydrogen-bond donors (Lipinski definition) is 2. The van der Waals surface area contributed by atoms with E-state index in [1.54, 1.807) is 6.07 Å². The van der Waals surface area contributed by atoms with Crippen LogP contribution in [-0.2, 0) is 0 Å². The third-order valence-corrected chi connectivity index (χ3v) is 3.98. The normalized spacial score (nSPS) is 19.3. The molecule has 0 saturated heterocycles. The van der Waals surface area contributed by atoms with E-state index in [1.807, 2.05) is 0 Å². The molecule has 1 aromatic carbocycles. The number of benzene rings is 1. The maximum Gasteiger partial charge on any atom is 0.124 e. The molecule has 1 aromatic rings. The van der Waals surface area contributed by atoms with Crippen LogP contribution in [0.1, 0.15) is 37.3 Å². The van der Waals surface area contributed by atoms with Crippen LogP contribution in [-0.4, -0.2) is 11.2 Å². The first-order chi connectivity index (χ1) is 8.08. The Hall–Kier alpha value is -0.160. The number of nitrogens with two attached hydrogens (primary N) is 1. The van der Waals surface area contributed by atoms with Gasteiger partial charge in [0.15, 0.2) is 0 Å². The lowest BCUT2D eigenvalue weighted by Gasteiger charge is -2.24. The molecular weight excluding hydrogens is 321 g/mol. The van der Waals surface area contributed by atoms with Crippen LogP contribution in [0.5, 0.6) is 0 Å². The molecule has 18 heavy (non-hydrogen) atoms. The van der Waals surface area contributed by atoms with Crippen molar-refractivity contribution in [1.82, 2.24) is 0 Å². The van der Waals surface area contributed by atoms with Gasteiger partial charge in [-0.25, -0.2) is 4.39 Å². The lowest BCUT2D eigenvalue weighted by Crippen LogP contribution is -2.32. The van der Waals surface area contributed by atoms with Gasteiger partial charge in [0.1, 0.15) is 5.82 Å². The minimum Gasteiger partial charge on any atom is -0.391 e. The molecule has 2 rings (SSSR count). The largest absolute Gasteiger partial charge is 0.391 e. The lowest BCUT2D eigenvalue weighted by molar-refractivity contribution is 0.0844. The zero-order valence-corrected chi connectivity index (χ0v) is 12.4. The van der Waals surface area contributed by atoms with Crippen molar-refractivity contribution >= 4 is 28.3 Å². The summed E-state index contributed by atoms with van der Waals surface area (Å²) in [4.78, 5) is 0. The van der Waals surface area contributed by atoms with E-state index >= 15 is 0 Å². The van der Waals surface area contributed by atoms with E-state index in [0.717, 1.165) is 25.7 Å². The first-order valence-electron chi connectivity index (χ1n) is 5.97. The highest BCUT2D eigenvalue weighted by molar-refractivity contribution is 9.10. The maximum atomic E-state index is 13.3. The first-order valence-corrected chi connectivity index (χ1v) is 6.77. The van der Waals surface area contributed by atoms with E-state index in [2.05, 4.69) is 15.9 Å². The molecule has 0 radical (unpaired) electrons. The van der Waals surface area contributed by atoms with Gasteiger partial charge < -0.3 is 10.8 Å². The smallest absolute Gasteiger partial charge is 0.124 e. The fraction of sp³-hybridized carbons (Fsp3) is 0.538. The zero-order chi connectivity index (χ0) is 12.4. The Balaban J connectivity index is 0.00000162. The quantitative estimate of drug-likeness (QED) is 0.885. The monoisotopic (exact) mass is 337 g/mol. The van der Waals surface area contributed by atoms with Gasteiger partial charge in [0, 0.05) is 4.47 Å². The van der Waals surface area contributed by atoms with E-state index in [0.29, 0.717) is 10.0 Å². The van der Waals surface area contributed by atoms with Gasteiger partial charge in [0.05, 0.1) is 12.1 Å². The van der Waals surface area contributed by atoms with Gasteiger partial charge >= 0.3 is 0 Å². The van der Waals surface area contributed by atoms with Crippen molar-refractivity contribution in [2.75, 3.05) is 0 Å². The number of aliphatic hydroxyl groups excluding tert-OH is 1. The van der Waals surface area contributed by atoms with E-state index in [9.17, 15) is 9.50 Å². The summed E-state index contributed by atoms with van der Waals surface area (Å²) in [5.41, 5.74) is 6.67. The van der Waals surface area contributed by atoms with Crippen LogP contribution >= 0.6 is 28.3 Å². The maximum absolute atomic E-state index is 13.3. The third kappa shape index (κ3) is 3.67. The highest BCUT2D eigenvalue weighted by atomic mass is 79.9. The van der Waals surface area contributed by atoms with Crippen LogP contribution in [0.15, 0.2) is 22.7 Å². The van der Waals surface area contributed by atoms with E-state index in [-0.39, 0.29) is 24.1 Å². The molecular formula is C13H18BrClFNO. The van der Waals surface area contributed by atoms with Gasteiger partial charge in [-0.2, -0.15) is 0 Å². The average molecular weight is 339 g/mol. The van der Waals surface area contributed by atoms with Crippen molar-refractivity contribution < 1.29 is 9.50 Å².